The Kier molecular flexibility index (Phi) is 5.40. The fraction of sp³-hybridized carbons (Fsp3) is 0.800. The molecule has 0 bridgehead atoms. The summed E-state index contributed by atoms with van der Waals surface area (Å²) in [6.07, 6.45) is 6.85. The van der Waals surface area contributed by atoms with Crippen LogP contribution in [-0.2, 0) is 6.54 Å². The Labute approximate surface area is 117 Å². The number of hydrogen-bond donors (Lipinski definition) is 1. The van der Waals surface area contributed by atoms with Crippen molar-refractivity contribution in [1.82, 2.24) is 20.0 Å². The van der Waals surface area contributed by atoms with E-state index in [1.165, 1.54) is 38.0 Å². The topological polar surface area (TPSA) is 33.1 Å². The first kappa shape index (κ1) is 14.5. The standard InChI is InChI=1S/C15H28N4/c1-4-18(11-14-6-8-16-9-7-14)13(3)15-10-17-19(5-2)12-15/h10,12-14,16H,4-9,11H2,1-3H3. The van der Waals surface area contributed by atoms with Gasteiger partial charge in [-0.25, -0.2) is 0 Å². The van der Waals surface area contributed by atoms with Crippen LogP contribution in [0.1, 0.15) is 45.2 Å². The molecule has 1 saturated heterocycles. The van der Waals surface area contributed by atoms with Crippen molar-refractivity contribution in [3.63, 3.8) is 0 Å². The van der Waals surface area contributed by atoms with Gasteiger partial charge in [0.15, 0.2) is 0 Å². The lowest BCUT2D eigenvalue weighted by atomic mass is 9.96. The predicted molar refractivity (Wildman–Crippen MR) is 79.2 cm³/mol. The number of piperidine rings is 1. The highest BCUT2D eigenvalue weighted by Crippen LogP contribution is 2.23. The van der Waals surface area contributed by atoms with Crippen molar-refractivity contribution in [3.05, 3.63) is 18.0 Å². The zero-order chi connectivity index (χ0) is 13.7. The fourth-order valence-corrected chi connectivity index (χ4v) is 2.94. The van der Waals surface area contributed by atoms with Crippen LogP contribution in [0.15, 0.2) is 12.4 Å². The summed E-state index contributed by atoms with van der Waals surface area (Å²) in [4.78, 5) is 2.59. The first-order chi connectivity index (χ1) is 9.24. The van der Waals surface area contributed by atoms with Gasteiger partial charge < -0.3 is 5.32 Å². The molecule has 4 heteroatoms. The fourth-order valence-electron chi connectivity index (χ4n) is 2.94. The van der Waals surface area contributed by atoms with E-state index in [1.54, 1.807) is 0 Å². The van der Waals surface area contributed by atoms with Gasteiger partial charge in [-0.15, -0.1) is 0 Å². The van der Waals surface area contributed by atoms with Crippen LogP contribution in [0.4, 0.5) is 0 Å². The monoisotopic (exact) mass is 264 g/mol. The van der Waals surface area contributed by atoms with E-state index in [2.05, 4.69) is 42.3 Å². The first-order valence-electron chi connectivity index (χ1n) is 7.71. The minimum atomic E-state index is 0.472. The number of aryl methyl sites for hydroxylation is 1. The molecule has 1 unspecified atom stereocenters. The summed E-state index contributed by atoms with van der Waals surface area (Å²) in [5.74, 6) is 0.852. The van der Waals surface area contributed by atoms with Gasteiger partial charge in [-0.1, -0.05) is 6.92 Å². The maximum absolute atomic E-state index is 4.40. The van der Waals surface area contributed by atoms with E-state index in [1.807, 2.05) is 10.9 Å². The van der Waals surface area contributed by atoms with Gasteiger partial charge in [0, 0.05) is 30.9 Å². The first-order valence-corrected chi connectivity index (χ1v) is 7.71. The van der Waals surface area contributed by atoms with Crippen LogP contribution in [-0.4, -0.2) is 40.9 Å². The van der Waals surface area contributed by atoms with Crippen LogP contribution in [0.25, 0.3) is 0 Å². The summed E-state index contributed by atoms with van der Waals surface area (Å²) >= 11 is 0. The summed E-state index contributed by atoms with van der Waals surface area (Å²) < 4.78 is 2.02. The van der Waals surface area contributed by atoms with Gasteiger partial charge in [-0.2, -0.15) is 5.10 Å². The largest absolute Gasteiger partial charge is 0.317 e. The molecule has 0 amide bonds. The van der Waals surface area contributed by atoms with E-state index in [9.17, 15) is 0 Å². The van der Waals surface area contributed by atoms with Gasteiger partial charge in [-0.3, -0.25) is 9.58 Å². The molecule has 108 valence electrons. The van der Waals surface area contributed by atoms with E-state index < -0.39 is 0 Å². The Bertz CT molecular complexity index is 368. The van der Waals surface area contributed by atoms with Gasteiger partial charge in [0.05, 0.1) is 6.20 Å². The van der Waals surface area contributed by atoms with E-state index in [4.69, 9.17) is 0 Å². The van der Waals surface area contributed by atoms with E-state index in [-0.39, 0.29) is 0 Å². The van der Waals surface area contributed by atoms with Crippen molar-refractivity contribution in [2.24, 2.45) is 5.92 Å². The van der Waals surface area contributed by atoms with Crippen LogP contribution in [0.2, 0.25) is 0 Å². The molecular weight excluding hydrogens is 236 g/mol. The maximum Gasteiger partial charge on any atom is 0.0537 e. The third-order valence-corrected chi connectivity index (χ3v) is 4.36. The van der Waals surface area contributed by atoms with Crippen LogP contribution in [0, 0.1) is 5.92 Å². The summed E-state index contributed by atoms with van der Waals surface area (Å²) in [5.41, 5.74) is 1.35. The van der Waals surface area contributed by atoms with Crippen LogP contribution < -0.4 is 5.32 Å². The number of hydrogen-bond acceptors (Lipinski definition) is 3. The van der Waals surface area contributed by atoms with Gasteiger partial charge in [0.25, 0.3) is 0 Å². The Morgan fingerprint density at radius 1 is 1.42 bits per heavy atom. The van der Waals surface area contributed by atoms with Crippen LogP contribution in [0.5, 0.6) is 0 Å². The third-order valence-electron chi connectivity index (χ3n) is 4.36. The van der Waals surface area contributed by atoms with Crippen molar-refractivity contribution in [3.8, 4) is 0 Å². The highest BCUT2D eigenvalue weighted by Gasteiger charge is 2.21. The number of aromatic nitrogens is 2. The molecule has 1 N–H and O–H groups in total. The molecule has 0 radical (unpaired) electrons. The van der Waals surface area contributed by atoms with Gasteiger partial charge >= 0.3 is 0 Å². The zero-order valence-corrected chi connectivity index (χ0v) is 12.6. The number of nitrogens with one attached hydrogen (secondary N) is 1. The normalized spacial score (nSPS) is 18.9. The van der Waals surface area contributed by atoms with Crippen molar-refractivity contribution in [2.75, 3.05) is 26.2 Å². The average Bonchev–Trinajstić information content (AvgIpc) is 2.94. The lowest BCUT2D eigenvalue weighted by Gasteiger charge is -2.33. The lowest BCUT2D eigenvalue weighted by Crippen LogP contribution is -2.37. The molecule has 2 rings (SSSR count). The molecule has 1 atom stereocenters. The van der Waals surface area contributed by atoms with Crippen molar-refractivity contribution >= 4 is 0 Å². The molecule has 2 heterocycles. The maximum atomic E-state index is 4.40. The smallest absolute Gasteiger partial charge is 0.0537 e. The highest BCUT2D eigenvalue weighted by molar-refractivity contribution is 5.09. The summed E-state index contributed by atoms with van der Waals surface area (Å²) in [6.45, 7) is 12.4. The highest BCUT2D eigenvalue weighted by atomic mass is 15.3. The molecular formula is C15H28N4. The van der Waals surface area contributed by atoms with Crippen LogP contribution >= 0.6 is 0 Å². The molecule has 0 spiro atoms. The molecule has 1 fully saturated rings. The van der Waals surface area contributed by atoms with Gasteiger partial charge in [-0.05, 0) is 52.2 Å². The number of nitrogens with zero attached hydrogens (tertiary/aromatic N) is 3. The molecule has 4 nitrogen and oxygen atoms in total. The third kappa shape index (κ3) is 3.80. The van der Waals surface area contributed by atoms with Crippen LogP contribution in [0.3, 0.4) is 0 Å². The van der Waals surface area contributed by atoms with Crippen molar-refractivity contribution in [1.29, 1.82) is 0 Å². The van der Waals surface area contributed by atoms with E-state index in [0.717, 1.165) is 19.0 Å². The average molecular weight is 264 g/mol. The Morgan fingerprint density at radius 2 is 2.16 bits per heavy atom. The minimum absolute atomic E-state index is 0.472. The van der Waals surface area contributed by atoms with Crippen molar-refractivity contribution in [2.45, 2.75) is 46.2 Å². The second-order valence-electron chi connectivity index (χ2n) is 5.59. The van der Waals surface area contributed by atoms with Gasteiger partial charge in [0.1, 0.15) is 0 Å². The second kappa shape index (κ2) is 7.06. The molecule has 0 saturated carbocycles. The molecule has 1 aromatic heterocycles. The Hall–Kier alpha value is -0.870. The predicted octanol–water partition coefficient (Wildman–Crippen LogP) is 2.29. The SMILES string of the molecule is CCN(CC1CCNCC1)C(C)c1cnn(CC)c1. The summed E-state index contributed by atoms with van der Waals surface area (Å²) in [5, 5.41) is 7.85. The quantitative estimate of drug-likeness (QED) is 0.856. The van der Waals surface area contributed by atoms with E-state index in [0.29, 0.717) is 6.04 Å². The van der Waals surface area contributed by atoms with E-state index >= 15 is 0 Å². The minimum Gasteiger partial charge on any atom is -0.317 e. The Balaban J connectivity index is 1.95. The Morgan fingerprint density at radius 3 is 2.74 bits per heavy atom. The summed E-state index contributed by atoms with van der Waals surface area (Å²) in [7, 11) is 0. The summed E-state index contributed by atoms with van der Waals surface area (Å²) in [6, 6.07) is 0.472. The molecule has 0 aromatic carbocycles. The number of rotatable bonds is 6. The molecule has 19 heavy (non-hydrogen) atoms. The molecule has 0 aliphatic carbocycles. The molecule has 1 aliphatic heterocycles. The zero-order valence-electron chi connectivity index (χ0n) is 12.6. The lowest BCUT2D eigenvalue weighted by molar-refractivity contribution is 0.168. The molecule has 1 aliphatic rings. The second-order valence-corrected chi connectivity index (χ2v) is 5.59. The van der Waals surface area contributed by atoms with Gasteiger partial charge in [0.2, 0.25) is 0 Å². The molecule has 1 aromatic rings. The van der Waals surface area contributed by atoms with Crippen molar-refractivity contribution < 1.29 is 0 Å².